The highest BCUT2D eigenvalue weighted by Gasteiger charge is 2.18. The SMILES string of the molecule is CC(O)C(=O)OC(=O)C(C)O.[MgH2]. The van der Waals surface area contributed by atoms with Crippen LogP contribution in [0.25, 0.3) is 0 Å². The number of hydrogen-bond acceptors (Lipinski definition) is 5. The molecule has 0 spiro atoms. The van der Waals surface area contributed by atoms with E-state index in [9.17, 15) is 9.59 Å². The molecule has 68 valence electrons. The Hall–Kier alpha value is -0.174. The molecule has 0 bridgehead atoms. The summed E-state index contributed by atoms with van der Waals surface area (Å²) in [6.45, 7) is 2.33. The number of esters is 2. The van der Waals surface area contributed by atoms with E-state index < -0.39 is 24.1 Å². The fourth-order valence-electron chi connectivity index (χ4n) is 0.270. The van der Waals surface area contributed by atoms with Gasteiger partial charge in [0.25, 0.3) is 0 Å². The van der Waals surface area contributed by atoms with Crippen LogP contribution >= 0.6 is 0 Å². The second-order valence-electron chi connectivity index (χ2n) is 2.09. The summed E-state index contributed by atoms with van der Waals surface area (Å²) >= 11 is 0. The molecular weight excluding hydrogens is 176 g/mol. The van der Waals surface area contributed by atoms with E-state index in [2.05, 4.69) is 4.74 Å². The molecule has 0 aliphatic carbocycles. The highest BCUT2D eigenvalue weighted by atomic mass is 24.3. The van der Waals surface area contributed by atoms with Crippen LogP contribution in [0, 0.1) is 0 Å². The predicted octanol–water partition coefficient (Wildman–Crippen LogP) is -2.10. The Morgan fingerprint density at radius 2 is 1.33 bits per heavy atom. The van der Waals surface area contributed by atoms with Crippen LogP contribution in [0.2, 0.25) is 0 Å². The van der Waals surface area contributed by atoms with Gasteiger partial charge in [-0.15, -0.1) is 0 Å². The molecule has 2 N–H and O–H groups in total. The predicted molar refractivity (Wildman–Crippen MR) is 43.0 cm³/mol. The molecule has 0 saturated carbocycles. The van der Waals surface area contributed by atoms with Gasteiger partial charge in [0.05, 0.1) is 0 Å². The quantitative estimate of drug-likeness (QED) is 0.295. The summed E-state index contributed by atoms with van der Waals surface area (Å²) in [5.74, 6) is -2.12. The van der Waals surface area contributed by atoms with Crippen LogP contribution < -0.4 is 0 Å². The van der Waals surface area contributed by atoms with Crippen molar-refractivity contribution in [1.82, 2.24) is 0 Å². The number of carbonyl (C=O) groups is 2. The van der Waals surface area contributed by atoms with E-state index in [4.69, 9.17) is 10.2 Å². The molecule has 5 nitrogen and oxygen atoms in total. The van der Waals surface area contributed by atoms with Gasteiger partial charge < -0.3 is 14.9 Å². The van der Waals surface area contributed by atoms with E-state index in [0.717, 1.165) is 13.8 Å². The largest absolute Gasteiger partial charge is 0.389 e. The second kappa shape index (κ2) is 6.35. The van der Waals surface area contributed by atoms with Crippen molar-refractivity contribution < 1.29 is 24.5 Å². The molecule has 6 heteroatoms. The van der Waals surface area contributed by atoms with E-state index in [1.165, 1.54) is 0 Å². The Bertz CT molecular complexity index is 147. The van der Waals surface area contributed by atoms with Gasteiger partial charge in [-0.25, -0.2) is 9.59 Å². The first-order valence-electron chi connectivity index (χ1n) is 3.06. The van der Waals surface area contributed by atoms with Gasteiger partial charge in [-0.2, -0.15) is 0 Å². The van der Waals surface area contributed by atoms with Crippen LogP contribution in [0.5, 0.6) is 0 Å². The molecule has 0 aromatic heterocycles. The highest BCUT2D eigenvalue weighted by molar-refractivity contribution is 5.89. The summed E-state index contributed by atoms with van der Waals surface area (Å²) in [6.07, 6.45) is -2.70. The minimum absolute atomic E-state index is 0. The third kappa shape index (κ3) is 5.47. The van der Waals surface area contributed by atoms with Crippen LogP contribution in [-0.4, -0.2) is 57.4 Å². The monoisotopic (exact) mass is 188 g/mol. The molecule has 0 amide bonds. The van der Waals surface area contributed by atoms with Gasteiger partial charge in [0.1, 0.15) is 12.2 Å². The first-order valence-corrected chi connectivity index (χ1v) is 3.06. The van der Waals surface area contributed by atoms with E-state index >= 15 is 0 Å². The molecule has 0 rings (SSSR count). The summed E-state index contributed by atoms with van der Waals surface area (Å²) in [7, 11) is 0. The molecule has 0 aliphatic heterocycles. The maximum atomic E-state index is 10.5. The van der Waals surface area contributed by atoms with Crippen molar-refractivity contribution in [3.63, 3.8) is 0 Å². The minimum Gasteiger partial charge on any atom is -0.389 e. The van der Waals surface area contributed by atoms with Crippen LogP contribution in [0.15, 0.2) is 0 Å². The fourth-order valence-corrected chi connectivity index (χ4v) is 0.270. The van der Waals surface area contributed by atoms with Gasteiger partial charge in [-0.3, -0.25) is 0 Å². The van der Waals surface area contributed by atoms with Gasteiger partial charge in [-0.05, 0) is 13.8 Å². The fraction of sp³-hybridized carbons (Fsp3) is 0.667. The maximum absolute atomic E-state index is 10.5. The lowest BCUT2D eigenvalue weighted by molar-refractivity contribution is -0.170. The molecule has 2 unspecified atom stereocenters. The molecule has 0 heterocycles. The summed E-state index contributed by atoms with van der Waals surface area (Å²) in [6, 6.07) is 0. The van der Waals surface area contributed by atoms with Crippen LogP contribution in [0.1, 0.15) is 13.8 Å². The first-order chi connectivity index (χ1) is 4.95. The molecule has 0 radical (unpaired) electrons. The lowest BCUT2D eigenvalue weighted by atomic mass is 10.4. The number of carbonyl (C=O) groups excluding carboxylic acids is 2. The maximum Gasteiger partial charge on any atom is 0.342 e. The average molecular weight is 188 g/mol. The van der Waals surface area contributed by atoms with Crippen LogP contribution in [0.3, 0.4) is 0 Å². The lowest BCUT2D eigenvalue weighted by Gasteiger charge is -2.05. The number of hydrogen-bond donors (Lipinski definition) is 2. The topological polar surface area (TPSA) is 83.8 Å². The van der Waals surface area contributed by atoms with E-state index in [1.54, 1.807) is 0 Å². The van der Waals surface area contributed by atoms with Crippen molar-refractivity contribution in [2.24, 2.45) is 0 Å². The van der Waals surface area contributed by atoms with Crippen molar-refractivity contribution in [3.05, 3.63) is 0 Å². The molecule has 2 atom stereocenters. The van der Waals surface area contributed by atoms with Crippen LogP contribution in [0.4, 0.5) is 0 Å². The molecule has 0 aliphatic rings. The Morgan fingerprint density at radius 3 is 1.50 bits per heavy atom. The summed E-state index contributed by atoms with van der Waals surface area (Å²) in [4.78, 5) is 20.9. The van der Waals surface area contributed by atoms with Gasteiger partial charge in [0.15, 0.2) is 0 Å². The zero-order valence-electron chi connectivity index (χ0n) is 6.27. The normalized spacial score (nSPS) is 14.0. The van der Waals surface area contributed by atoms with Gasteiger partial charge in [-0.1, -0.05) is 0 Å². The Balaban J connectivity index is 0. The van der Waals surface area contributed by atoms with Gasteiger partial charge >= 0.3 is 35.0 Å². The zero-order chi connectivity index (χ0) is 9.02. The molecular formula is C6H12MgO5. The van der Waals surface area contributed by atoms with Gasteiger partial charge in [0, 0.05) is 0 Å². The molecule has 0 aromatic rings. The Labute approximate surface area is 85.9 Å². The smallest absolute Gasteiger partial charge is 0.342 e. The number of ether oxygens (including phenoxy) is 1. The molecule has 12 heavy (non-hydrogen) atoms. The first kappa shape index (κ1) is 14.4. The molecule has 0 saturated heterocycles. The van der Waals surface area contributed by atoms with Crippen LogP contribution in [-0.2, 0) is 14.3 Å². The summed E-state index contributed by atoms with van der Waals surface area (Å²) in [5.41, 5.74) is 0. The third-order valence-electron chi connectivity index (χ3n) is 0.883. The van der Waals surface area contributed by atoms with Crippen molar-refractivity contribution in [1.29, 1.82) is 0 Å². The molecule has 0 fully saturated rings. The van der Waals surface area contributed by atoms with E-state index in [1.807, 2.05) is 0 Å². The van der Waals surface area contributed by atoms with Crippen molar-refractivity contribution in [2.45, 2.75) is 26.1 Å². The highest BCUT2D eigenvalue weighted by Crippen LogP contribution is 1.91. The molecule has 0 aromatic carbocycles. The van der Waals surface area contributed by atoms with Crippen molar-refractivity contribution in [3.8, 4) is 0 Å². The zero-order valence-corrected chi connectivity index (χ0v) is 6.27. The number of aliphatic hydroxyl groups is 2. The Morgan fingerprint density at radius 1 is 1.08 bits per heavy atom. The summed E-state index contributed by atoms with van der Waals surface area (Å²) < 4.78 is 4.00. The standard InChI is InChI=1S/C6H10O5.Mg.2H/c1-3(7)5(9)11-6(10)4(2)8;;;/h3-4,7-8H,1-2H3;;;. The Kier molecular flexibility index (Phi) is 7.60. The third-order valence-corrected chi connectivity index (χ3v) is 0.883. The van der Waals surface area contributed by atoms with E-state index in [0.29, 0.717) is 0 Å². The number of aliphatic hydroxyl groups excluding tert-OH is 2. The number of rotatable bonds is 2. The lowest BCUT2D eigenvalue weighted by Crippen LogP contribution is -2.28. The van der Waals surface area contributed by atoms with Crippen molar-refractivity contribution in [2.75, 3.05) is 0 Å². The minimum atomic E-state index is -1.35. The van der Waals surface area contributed by atoms with E-state index in [-0.39, 0.29) is 23.1 Å². The average Bonchev–Trinajstić information content (AvgIpc) is 1.87. The van der Waals surface area contributed by atoms with Crippen molar-refractivity contribution >= 4 is 35.0 Å². The summed E-state index contributed by atoms with van der Waals surface area (Å²) in [5, 5.41) is 17.1. The van der Waals surface area contributed by atoms with Gasteiger partial charge in [0.2, 0.25) is 0 Å². The second-order valence-corrected chi connectivity index (χ2v) is 2.09.